The van der Waals surface area contributed by atoms with Crippen LogP contribution in [-0.4, -0.2) is 72.2 Å². The minimum atomic E-state index is 0.462. The van der Waals surface area contributed by atoms with E-state index in [2.05, 4.69) is 30.3 Å². The van der Waals surface area contributed by atoms with Crippen LogP contribution in [0.5, 0.6) is 0 Å². The SMILES string of the molecule is CSC#CCOCCOCCOCCOCCNCC(C)C. The second-order valence-corrected chi connectivity index (χ2v) is 5.58. The molecule has 0 bridgehead atoms. The van der Waals surface area contributed by atoms with E-state index in [1.807, 2.05) is 6.26 Å². The summed E-state index contributed by atoms with van der Waals surface area (Å²) in [6.07, 6.45) is 1.94. The Morgan fingerprint density at radius 1 is 0.864 bits per heavy atom. The lowest BCUT2D eigenvalue weighted by molar-refractivity contribution is 0.00168. The van der Waals surface area contributed by atoms with Gasteiger partial charge < -0.3 is 24.3 Å². The molecule has 0 saturated carbocycles. The molecule has 0 unspecified atom stereocenters. The van der Waals surface area contributed by atoms with Gasteiger partial charge in [0.15, 0.2) is 0 Å². The van der Waals surface area contributed by atoms with Crippen molar-refractivity contribution in [2.75, 3.05) is 72.2 Å². The molecule has 5 nitrogen and oxygen atoms in total. The zero-order valence-electron chi connectivity index (χ0n) is 14.2. The third-order valence-electron chi connectivity index (χ3n) is 2.44. The number of rotatable bonds is 15. The third-order valence-corrected chi connectivity index (χ3v) is 2.79. The fraction of sp³-hybridized carbons (Fsp3) is 0.875. The highest BCUT2D eigenvalue weighted by molar-refractivity contribution is 8.03. The lowest BCUT2D eigenvalue weighted by atomic mass is 10.2. The van der Waals surface area contributed by atoms with Gasteiger partial charge in [-0.1, -0.05) is 31.5 Å². The van der Waals surface area contributed by atoms with Gasteiger partial charge in [0.05, 0.1) is 46.2 Å². The average Bonchev–Trinajstić information content (AvgIpc) is 2.50. The van der Waals surface area contributed by atoms with Crippen molar-refractivity contribution in [3.05, 3.63) is 0 Å². The Morgan fingerprint density at radius 3 is 1.95 bits per heavy atom. The maximum absolute atomic E-state index is 5.44. The molecule has 0 atom stereocenters. The molecule has 0 saturated heterocycles. The Labute approximate surface area is 139 Å². The second-order valence-electron chi connectivity index (χ2n) is 4.97. The van der Waals surface area contributed by atoms with Gasteiger partial charge in [0.2, 0.25) is 0 Å². The molecule has 0 radical (unpaired) electrons. The monoisotopic (exact) mass is 333 g/mol. The van der Waals surface area contributed by atoms with E-state index in [1.54, 1.807) is 0 Å². The van der Waals surface area contributed by atoms with Gasteiger partial charge in [0.1, 0.15) is 6.61 Å². The van der Waals surface area contributed by atoms with E-state index < -0.39 is 0 Å². The van der Waals surface area contributed by atoms with Crippen LogP contribution < -0.4 is 5.32 Å². The summed E-state index contributed by atoms with van der Waals surface area (Å²) in [5, 5.41) is 6.19. The van der Waals surface area contributed by atoms with E-state index in [9.17, 15) is 0 Å². The first kappa shape index (κ1) is 21.7. The fourth-order valence-corrected chi connectivity index (χ4v) is 1.62. The van der Waals surface area contributed by atoms with Crippen LogP contribution in [-0.2, 0) is 18.9 Å². The molecular weight excluding hydrogens is 302 g/mol. The first-order valence-electron chi connectivity index (χ1n) is 7.80. The largest absolute Gasteiger partial charge is 0.378 e. The molecule has 0 fully saturated rings. The maximum Gasteiger partial charge on any atom is 0.108 e. The molecule has 0 aromatic heterocycles. The Balaban J connectivity index is 3.00. The molecule has 1 N–H and O–H groups in total. The normalized spacial score (nSPS) is 10.7. The van der Waals surface area contributed by atoms with Gasteiger partial charge in [-0.25, -0.2) is 0 Å². The van der Waals surface area contributed by atoms with Gasteiger partial charge in [-0.2, -0.15) is 0 Å². The zero-order chi connectivity index (χ0) is 16.3. The minimum absolute atomic E-state index is 0.462. The number of ether oxygens (including phenoxy) is 4. The summed E-state index contributed by atoms with van der Waals surface area (Å²) in [4.78, 5) is 0. The number of hydrogen-bond acceptors (Lipinski definition) is 6. The molecule has 0 aromatic carbocycles. The summed E-state index contributed by atoms with van der Waals surface area (Å²) in [5.74, 6) is 3.55. The molecule has 0 amide bonds. The minimum Gasteiger partial charge on any atom is -0.378 e. The van der Waals surface area contributed by atoms with Crippen molar-refractivity contribution < 1.29 is 18.9 Å². The van der Waals surface area contributed by atoms with Crippen molar-refractivity contribution in [3.63, 3.8) is 0 Å². The summed E-state index contributed by atoms with van der Waals surface area (Å²) in [5.41, 5.74) is 0. The predicted octanol–water partition coefficient (Wildman–Crippen LogP) is 1.62. The lowest BCUT2D eigenvalue weighted by Crippen LogP contribution is -2.24. The van der Waals surface area contributed by atoms with Gasteiger partial charge in [-0.05, 0) is 24.0 Å². The summed E-state index contributed by atoms with van der Waals surface area (Å²) in [6, 6.07) is 0. The molecular formula is C16H31NO4S. The molecule has 0 rings (SSSR count). The van der Waals surface area contributed by atoms with Crippen molar-refractivity contribution in [2.24, 2.45) is 5.92 Å². The predicted molar refractivity (Wildman–Crippen MR) is 92.3 cm³/mol. The average molecular weight is 333 g/mol. The van der Waals surface area contributed by atoms with Crippen molar-refractivity contribution in [2.45, 2.75) is 13.8 Å². The third kappa shape index (κ3) is 19.7. The van der Waals surface area contributed by atoms with Gasteiger partial charge >= 0.3 is 0 Å². The van der Waals surface area contributed by atoms with Gasteiger partial charge in [-0.3, -0.25) is 0 Å². The number of nitrogens with one attached hydrogen (secondary N) is 1. The van der Waals surface area contributed by atoms with Crippen molar-refractivity contribution in [1.82, 2.24) is 5.32 Å². The smallest absolute Gasteiger partial charge is 0.108 e. The van der Waals surface area contributed by atoms with Crippen LogP contribution >= 0.6 is 11.8 Å². The molecule has 22 heavy (non-hydrogen) atoms. The Bertz CT molecular complexity index is 279. The van der Waals surface area contributed by atoms with E-state index in [0.717, 1.165) is 19.7 Å². The molecule has 0 aliphatic rings. The summed E-state index contributed by atoms with van der Waals surface area (Å²) >= 11 is 1.49. The van der Waals surface area contributed by atoms with E-state index in [1.165, 1.54) is 11.8 Å². The molecule has 6 heteroatoms. The highest BCUT2D eigenvalue weighted by Gasteiger charge is 1.94. The molecule has 0 spiro atoms. The zero-order valence-corrected chi connectivity index (χ0v) is 15.0. The maximum atomic E-state index is 5.44. The van der Waals surface area contributed by atoms with Crippen molar-refractivity contribution in [1.29, 1.82) is 0 Å². The standard InChI is InChI=1S/C16H31NO4S/c1-16(2)15-17-5-7-19-9-11-21-13-12-20-10-8-18-6-4-14-22-3/h16-17H,5-13,15H2,1-3H3. The first-order chi connectivity index (χ1) is 10.8. The summed E-state index contributed by atoms with van der Waals surface area (Å²) < 4.78 is 21.5. The van der Waals surface area contributed by atoms with Crippen molar-refractivity contribution >= 4 is 11.8 Å². The van der Waals surface area contributed by atoms with E-state index in [-0.39, 0.29) is 0 Å². The van der Waals surface area contributed by atoms with Crippen LogP contribution in [0.1, 0.15) is 13.8 Å². The quantitative estimate of drug-likeness (QED) is 0.363. The second kappa shape index (κ2) is 18.8. The summed E-state index contributed by atoms with van der Waals surface area (Å²) in [6.45, 7) is 11.0. The fourth-order valence-electron chi connectivity index (χ4n) is 1.42. The number of hydrogen-bond donors (Lipinski definition) is 1. The van der Waals surface area contributed by atoms with E-state index >= 15 is 0 Å². The van der Waals surface area contributed by atoms with Crippen LogP contribution in [0, 0.1) is 17.1 Å². The van der Waals surface area contributed by atoms with Crippen LogP contribution in [0.25, 0.3) is 0 Å². The first-order valence-corrected chi connectivity index (χ1v) is 9.02. The highest BCUT2D eigenvalue weighted by atomic mass is 32.2. The van der Waals surface area contributed by atoms with Gasteiger partial charge in [0.25, 0.3) is 0 Å². The molecule has 0 aromatic rings. The molecule has 0 heterocycles. The summed E-state index contributed by atoms with van der Waals surface area (Å²) in [7, 11) is 0. The highest BCUT2D eigenvalue weighted by Crippen LogP contribution is 1.87. The van der Waals surface area contributed by atoms with Crippen LogP contribution in [0.3, 0.4) is 0 Å². The van der Waals surface area contributed by atoms with Gasteiger partial charge in [-0.15, -0.1) is 0 Å². The van der Waals surface area contributed by atoms with Crippen LogP contribution in [0.15, 0.2) is 0 Å². The van der Waals surface area contributed by atoms with E-state index in [0.29, 0.717) is 52.2 Å². The number of thioether (sulfide) groups is 1. The molecule has 0 aliphatic heterocycles. The van der Waals surface area contributed by atoms with Crippen molar-refractivity contribution in [3.8, 4) is 11.2 Å². The topological polar surface area (TPSA) is 49.0 Å². The van der Waals surface area contributed by atoms with Crippen LogP contribution in [0.4, 0.5) is 0 Å². The van der Waals surface area contributed by atoms with E-state index in [4.69, 9.17) is 18.9 Å². The molecule has 0 aliphatic carbocycles. The van der Waals surface area contributed by atoms with Crippen LogP contribution in [0.2, 0.25) is 0 Å². The Kier molecular flexibility index (Phi) is 18.5. The Morgan fingerprint density at radius 2 is 1.41 bits per heavy atom. The lowest BCUT2D eigenvalue weighted by Gasteiger charge is -2.08. The molecule has 130 valence electrons. The Hall–Kier alpha value is -0.290. The van der Waals surface area contributed by atoms with Gasteiger partial charge in [0, 0.05) is 6.54 Å².